The number of carbonyl (C=O) groups is 3. The Morgan fingerprint density at radius 1 is 0.895 bits per heavy atom. The molecule has 0 aliphatic heterocycles. The summed E-state index contributed by atoms with van der Waals surface area (Å²) in [6, 6.07) is 0. The number of ketones is 3. The number of carbonyl (C=O) groups excluding carboxylic acids is 3. The summed E-state index contributed by atoms with van der Waals surface area (Å²) in [7, 11) is 0. The van der Waals surface area contributed by atoms with Crippen LogP contribution in [0.4, 0.5) is 0 Å². The van der Waals surface area contributed by atoms with Crippen molar-refractivity contribution in [3.8, 4) is 0 Å². The molecular weight excluding hydrogens is 240 g/mol. The zero-order valence-corrected chi connectivity index (χ0v) is 10.9. The zero-order valence-electron chi connectivity index (χ0n) is 10.9. The SMILES string of the molecule is O=C1CC(=O)CC(C2CCC3C=CC=CC3C2=O)C1. The Morgan fingerprint density at radius 2 is 1.58 bits per heavy atom. The van der Waals surface area contributed by atoms with E-state index in [0.29, 0.717) is 18.8 Å². The zero-order chi connectivity index (χ0) is 13.4. The fourth-order valence-corrected chi connectivity index (χ4v) is 3.77. The molecule has 0 radical (unpaired) electrons. The third-order valence-corrected chi connectivity index (χ3v) is 4.70. The standard InChI is InChI=1S/C16H18O3/c17-12-7-11(8-13(18)9-12)15-6-5-10-3-1-2-4-14(10)16(15)19/h1-4,10-11,14-15H,5-9H2. The van der Waals surface area contributed by atoms with E-state index in [9.17, 15) is 14.4 Å². The molecule has 100 valence electrons. The average Bonchev–Trinajstić information content (AvgIpc) is 2.38. The molecule has 3 atom stereocenters. The molecule has 3 rings (SSSR count). The highest BCUT2D eigenvalue weighted by atomic mass is 16.2. The highest BCUT2D eigenvalue weighted by molar-refractivity contribution is 6.02. The summed E-state index contributed by atoms with van der Waals surface area (Å²) < 4.78 is 0. The van der Waals surface area contributed by atoms with Crippen molar-refractivity contribution < 1.29 is 14.4 Å². The first-order valence-electron chi connectivity index (χ1n) is 7.07. The van der Waals surface area contributed by atoms with E-state index in [1.807, 2.05) is 18.2 Å². The fraction of sp³-hybridized carbons (Fsp3) is 0.562. The minimum atomic E-state index is -0.0920. The second-order valence-corrected chi connectivity index (χ2v) is 5.97. The van der Waals surface area contributed by atoms with Crippen LogP contribution in [0, 0.1) is 23.7 Å². The maximum Gasteiger partial charge on any atom is 0.143 e. The van der Waals surface area contributed by atoms with Crippen molar-refractivity contribution in [2.24, 2.45) is 23.7 Å². The molecule has 3 nitrogen and oxygen atoms in total. The third kappa shape index (κ3) is 2.34. The summed E-state index contributed by atoms with van der Waals surface area (Å²) in [6.45, 7) is 0. The van der Waals surface area contributed by atoms with Gasteiger partial charge in [0, 0.05) is 24.7 Å². The van der Waals surface area contributed by atoms with E-state index in [1.165, 1.54) is 0 Å². The second kappa shape index (κ2) is 4.87. The monoisotopic (exact) mass is 258 g/mol. The van der Waals surface area contributed by atoms with Gasteiger partial charge in [-0.15, -0.1) is 0 Å². The van der Waals surface area contributed by atoms with E-state index in [0.717, 1.165) is 12.8 Å². The predicted molar refractivity (Wildman–Crippen MR) is 70.3 cm³/mol. The average molecular weight is 258 g/mol. The van der Waals surface area contributed by atoms with Crippen molar-refractivity contribution in [1.29, 1.82) is 0 Å². The molecule has 19 heavy (non-hydrogen) atoms. The van der Waals surface area contributed by atoms with Gasteiger partial charge in [0.2, 0.25) is 0 Å². The quantitative estimate of drug-likeness (QED) is 0.678. The topological polar surface area (TPSA) is 51.2 Å². The van der Waals surface area contributed by atoms with Crippen molar-refractivity contribution in [3.05, 3.63) is 24.3 Å². The number of allylic oxidation sites excluding steroid dienone is 4. The summed E-state index contributed by atoms with van der Waals surface area (Å²) >= 11 is 0. The number of Topliss-reactive ketones (excluding diaryl/α,β-unsaturated/α-hetero) is 3. The molecule has 0 bridgehead atoms. The van der Waals surface area contributed by atoms with Crippen LogP contribution in [-0.2, 0) is 14.4 Å². The Balaban J connectivity index is 1.77. The summed E-state index contributed by atoms with van der Waals surface area (Å²) in [4.78, 5) is 35.7. The van der Waals surface area contributed by atoms with Crippen molar-refractivity contribution in [2.75, 3.05) is 0 Å². The molecule has 3 unspecified atom stereocenters. The van der Waals surface area contributed by atoms with Gasteiger partial charge in [-0.3, -0.25) is 14.4 Å². The van der Waals surface area contributed by atoms with Crippen molar-refractivity contribution in [3.63, 3.8) is 0 Å². The Morgan fingerprint density at radius 3 is 2.32 bits per heavy atom. The van der Waals surface area contributed by atoms with Crippen LogP contribution in [0.15, 0.2) is 24.3 Å². The van der Waals surface area contributed by atoms with Gasteiger partial charge in [-0.05, 0) is 24.7 Å². The van der Waals surface area contributed by atoms with Gasteiger partial charge < -0.3 is 0 Å². The van der Waals surface area contributed by atoms with Gasteiger partial charge in [0.05, 0.1) is 6.42 Å². The molecule has 0 N–H and O–H groups in total. The molecular formula is C16H18O3. The van der Waals surface area contributed by atoms with E-state index in [2.05, 4.69) is 6.08 Å². The number of rotatable bonds is 1. The molecule has 2 saturated carbocycles. The molecule has 3 aliphatic rings. The lowest BCUT2D eigenvalue weighted by Crippen LogP contribution is -2.40. The van der Waals surface area contributed by atoms with Crippen LogP contribution in [-0.4, -0.2) is 17.3 Å². The summed E-state index contributed by atoms with van der Waals surface area (Å²) in [5, 5.41) is 0. The largest absolute Gasteiger partial charge is 0.299 e. The lowest BCUT2D eigenvalue weighted by atomic mass is 9.65. The van der Waals surface area contributed by atoms with Crippen LogP contribution in [0.2, 0.25) is 0 Å². The molecule has 0 saturated heterocycles. The molecule has 3 aliphatic carbocycles. The minimum Gasteiger partial charge on any atom is -0.299 e. The van der Waals surface area contributed by atoms with Crippen LogP contribution in [0.1, 0.15) is 32.1 Å². The third-order valence-electron chi connectivity index (χ3n) is 4.70. The van der Waals surface area contributed by atoms with Gasteiger partial charge in [0.25, 0.3) is 0 Å². The molecule has 0 heterocycles. The number of hydrogen-bond donors (Lipinski definition) is 0. The van der Waals surface area contributed by atoms with Gasteiger partial charge in [-0.25, -0.2) is 0 Å². The molecule has 0 aromatic heterocycles. The summed E-state index contributed by atoms with van der Waals surface area (Å²) in [5.41, 5.74) is 0. The predicted octanol–water partition coefficient (Wildman–Crippen LogP) is 2.26. The van der Waals surface area contributed by atoms with Gasteiger partial charge in [-0.2, -0.15) is 0 Å². The van der Waals surface area contributed by atoms with Crippen LogP contribution in [0.5, 0.6) is 0 Å². The van der Waals surface area contributed by atoms with E-state index in [4.69, 9.17) is 0 Å². The smallest absolute Gasteiger partial charge is 0.143 e. The Labute approximate surface area is 112 Å². The Hall–Kier alpha value is -1.51. The van der Waals surface area contributed by atoms with Gasteiger partial charge in [0.1, 0.15) is 17.3 Å². The number of hydrogen-bond acceptors (Lipinski definition) is 3. The highest BCUT2D eigenvalue weighted by Gasteiger charge is 2.42. The fourth-order valence-electron chi connectivity index (χ4n) is 3.77. The van der Waals surface area contributed by atoms with Crippen LogP contribution in [0.3, 0.4) is 0 Å². The lowest BCUT2D eigenvalue weighted by Gasteiger charge is -2.37. The van der Waals surface area contributed by atoms with E-state index < -0.39 is 0 Å². The Bertz CT molecular complexity index is 470. The summed E-state index contributed by atoms with van der Waals surface area (Å²) in [5.74, 6) is 0.418. The van der Waals surface area contributed by atoms with Gasteiger partial charge in [0.15, 0.2) is 0 Å². The molecule has 0 amide bonds. The lowest BCUT2D eigenvalue weighted by molar-refractivity contribution is -0.136. The van der Waals surface area contributed by atoms with E-state index >= 15 is 0 Å². The first-order chi connectivity index (χ1) is 9.15. The van der Waals surface area contributed by atoms with Crippen molar-refractivity contribution in [1.82, 2.24) is 0 Å². The molecule has 0 aromatic rings. The first kappa shape index (κ1) is 12.5. The van der Waals surface area contributed by atoms with Crippen molar-refractivity contribution >= 4 is 17.3 Å². The minimum absolute atomic E-state index is 0.00950. The van der Waals surface area contributed by atoms with E-state index in [1.54, 1.807) is 0 Å². The van der Waals surface area contributed by atoms with Crippen LogP contribution >= 0.6 is 0 Å². The summed E-state index contributed by atoms with van der Waals surface area (Å²) in [6.07, 6.45) is 10.7. The molecule has 0 aromatic carbocycles. The molecule has 2 fully saturated rings. The van der Waals surface area contributed by atoms with Gasteiger partial charge in [-0.1, -0.05) is 24.3 Å². The molecule has 0 spiro atoms. The van der Waals surface area contributed by atoms with Gasteiger partial charge >= 0.3 is 0 Å². The normalized spacial score (nSPS) is 35.6. The second-order valence-electron chi connectivity index (χ2n) is 5.97. The number of fused-ring (bicyclic) bond motifs is 1. The van der Waals surface area contributed by atoms with Crippen LogP contribution < -0.4 is 0 Å². The molecule has 3 heteroatoms. The maximum atomic E-state index is 12.6. The van der Waals surface area contributed by atoms with Crippen LogP contribution in [0.25, 0.3) is 0 Å². The highest BCUT2D eigenvalue weighted by Crippen LogP contribution is 2.40. The van der Waals surface area contributed by atoms with Crippen molar-refractivity contribution in [2.45, 2.75) is 32.1 Å². The first-order valence-corrected chi connectivity index (χ1v) is 7.07. The Kier molecular flexibility index (Phi) is 3.21. The maximum absolute atomic E-state index is 12.6. The van der Waals surface area contributed by atoms with E-state index in [-0.39, 0.29) is 41.5 Å².